The molecule has 0 aliphatic carbocycles. The number of hydrogen-bond donors (Lipinski definition) is 1. The molecule has 0 amide bonds. The molecule has 4 heteroatoms. The predicted molar refractivity (Wildman–Crippen MR) is 102 cm³/mol. The zero-order valence-corrected chi connectivity index (χ0v) is 15.2. The summed E-state index contributed by atoms with van der Waals surface area (Å²) in [5, 5.41) is 9.20. The van der Waals surface area contributed by atoms with Crippen LogP contribution in [0.4, 0.5) is 0 Å². The average Bonchev–Trinajstić information content (AvgIpc) is 2.68. The summed E-state index contributed by atoms with van der Waals surface area (Å²) >= 11 is 0. The van der Waals surface area contributed by atoms with Gasteiger partial charge in [0.15, 0.2) is 0 Å². The number of rotatable bonds is 3. The predicted octanol–water partition coefficient (Wildman–Crippen LogP) is 4.23. The van der Waals surface area contributed by atoms with Crippen LogP contribution in [0, 0.1) is 0 Å². The van der Waals surface area contributed by atoms with E-state index in [0.717, 1.165) is 62.2 Å². The third kappa shape index (κ3) is 3.21. The molecule has 2 aliphatic rings. The maximum atomic E-state index is 11.2. The average molecular weight is 351 g/mol. The van der Waals surface area contributed by atoms with Crippen molar-refractivity contribution in [3.05, 3.63) is 53.6 Å². The van der Waals surface area contributed by atoms with Crippen molar-refractivity contribution in [2.75, 3.05) is 19.6 Å². The molecular formula is C22H25NO3. The highest BCUT2D eigenvalue weighted by atomic mass is 16.5. The Morgan fingerprint density at radius 2 is 1.88 bits per heavy atom. The Hall–Kier alpha value is -2.33. The molecule has 0 radical (unpaired) electrons. The van der Waals surface area contributed by atoms with Crippen LogP contribution in [-0.4, -0.2) is 41.2 Å². The van der Waals surface area contributed by atoms with Gasteiger partial charge in [0.1, 0.15) is 11.4 Å². The Morgan fingerprint density at radius 1 is 1.12 bits per heavy atom. The van der Waals surface area contributed by atoms with Crippen molar-refractivity contribution in [1.82, 2.24) is 4.90 Å². The third-order valence-electron chi connectivity index (χ3n) is 5.89. The van der Waals surface area contributed by atoms with Crippen LogP contribution in [0.5, 0.6) is 5.75 Å². The molecule has 2 aliphatic heterocycles. The van der Waals surface area contributed by atoms with Gasteiger partial charge in [-0.25, -0.2) is 4.79 Å². The molecule has 0 aromatic heterocycles. The number of aromatic carboxylic acids is 1. The summed E-state index contributed by atoms with van der Waals surface area (Å²) in [4.78, 5) is 13.7. The fraction of sp³-hybridized carbons (Fsp3) is 0.409. The van der Waals surface area contributed by atoms with Crippen molar-refractivity contribution in [3.8, 4) is 16.9 Å². The van der Waals surface area contributed by atoms with Gasteiger partial charge in [0.25, 0.3) is 0 Å². The van der Waals surface area contributed by atoms with Gasteiger partial charge in [-0.2, -0.15) is 0 Å². The summed E-state index contributed by atoms with van der Waals surface area (Å²) < 4.78 is 6.49. The number of carboxylic acid groups (broad SMARTS) is 1. The number of benzene rings is 2. The van der Waals surface area contributed by atoms with Crippen molar-refractivity contribution < 1.29 is 14.6 Å². The minimum atomic E-state index is -0.895. The lowest BCUT2D eigenvalue weighted by Crippen LogP contribution is -2.49. The van der Waals surface area contributed by atoms with Crippen LogP contribution in [-0.2, 0) is 6.42 Å². The van der Waals surface area contributed by atoms with Crippen molar-refractivity contribution in [1.29, 1.82) is 0 Å². The molecule has 0 atom stereocenters. The molecule has 26 heavy (non-hydrogen) atoms. The van der Waals surface area contributed by atoms with Crippen molar-refractivity contribution in [2.24, 2.45) is 0 Å². The lowest BCUT2D eigenvalue weighted by molar-refractivity contribution is -0.0132. The second kappa shape index (κ2) is 6.76. The van der Waals surface area contributed by atoms with Crippen LogP contribution in [0.25, 0.3) is 11.1 Å². The van der Waals surface area contributed by atoms with E-state index < -0.39 is 5.97 Å². The summed E-state index contributed by atoms with van der Waals surface area (Å²) in [7, 11) is 0. The van der Waals surface area contributed by atoms with Crippen LogP contribution >= 0.6 is 0 Å². The van der Waals surface area contributed by atoms with Gasteiger partial charge in [-0.05, 0) is 73.2 Å². The number of piperidine rings is 1. The van der Waals surface area contributed by atoms with Crippen molar-refractivity contribution >= 4 is 5.97 Å². The van der Waals surface area contributed by atoms with Gasteiger partial charge in [0.05, 0.1) is 5.56 Å². The fourth-order valence-electron chi connectivity index (χ4n) is 4.16. The summed E-state index contributed by atoms with van der Waals surface area (Å²) in [6, 6.07) is 13.4. The lowest BCUT2D eigenvalue weighted by Gasteiger charge is -2.44. The molecule has 0 unspecified atom stereocenters. The van der Waals surface area contributed by atoms with E-state index in [1.165, 1.54) is 5.56 Å². The van der Waals surface area contributed by atoms with Gasteiger partial charge in [-0.3, -0.25) is 0 Å². The van der Waals surface area contributed by atoms with Crippen LogP contribution in [0.3, 0.4) is 0 Å². The molecule has 1 N–H and O–H groups in total. The molecule has 2 aromatic carbocycles. The number of ether oxygens (including phenoxy) is 1. The first kappa shape index (κ1) is 17.1. The number of fused-ring (bicyclic) bond motifs is 1. The molecule has 2 aromatic rings. The van der Waals surface area contributed by atoms with E-state index in [1.54, 1.807) is 18.2 Å². The normalized spacial score (nSPS) is 19.0. The van der Waals surface area contributed by atoms with E-state index in [2.05, 4.69) is 24.0 Å². The molecule has 2 heterocycles. The molecule has 4 rings (SSSR count). The van der Waals surface area contributed by atoms with Crippen LogP contribution in [0.2, 0.25) is 0 Å². The quantitative estimate of drug-likeness (QED) is 0.899. The van der Waals surface area contributed by atoms with Crippen molar-refractivity contribution in [2.45, 2.75) is 38.2 Å². The Labute approximate surface area is 154 Å². The smallest absolute Gasteiger partial charge is 0.335 e. The maximum absolute atomic E-state index is 11.2. The number of hydrogen-bond acceptors (Lipinski definition) is 3. The number of carbonyl (C=O) groups is 1. The van der Waals surface area contributed by atoms with Gasteiger partial charge in [-0.1, -0.05) is 25.1 Å². The summed E-state index contributed by atoms with van der Waals surface area (Å²) in [6.45, 7) is 5.57. The highest BCUT2D eigenvalue weighted by Gasteiger charge is 2.39. The number of nitrogens with zero attached hydrogens (tertiary/aromatic N) is 1. The monoisotopic (exact) mass is 351 g/mol. The van der Waals surface area contributed by atoms with E-state index in [1.807, 2.05) is 12.1 Å². The van der Waals surface area contributed by atoms with E-state index >= 15 is 0 Å². The molecule has 0 saturated carbocycles. The van der Waals surface area contributed by atoms with Gasteiger partial charge in [0, 0.05) is 13.1 Å². The molecule has 136 valence electrons. The van der Waals surface area contributed by atoms with Gasteiger partial charge < -0.3 is 14.7 Å². The standard InChI is InChI=1S/C22H25NO3/c1-2-23-12-10-22(11-13-23)9-8-18-14-17(6-7-20(18)26-22)16-4-3-5-19(15-16)21(24)25/h3-7,14-15H,2,8-13H2,1H3,(H,24,25). The molecule has 4 nitrogen and oxygen atoms in total. The van der Waals surface area contributed by atoms with Crippen LogP contribution in [0.1, 0.15) is 42.1 Å². The highest BCUT2D eigenvalue weighted by molar-refractivity contribution is 5.89. The van der Waals surface area contributed by atoms with Crippen LogP contribution in [0.15, 0.2) is 42.5 Å². The number of likely N-dealkylation sites (tertiary alicyclic amines) is 1. The summed E-state index contributed by atoms with van der Waals surface area (Å²) in [5.41, 5.74) is 3.53. The number of carboxylic acids is 1. The molecule has 1 spiro atoms. The van der Waals surface area contributed by atoms with Crippen molar-refractivity contribution in [3.63, 3.8) is 0 Å². The Morgan fingerprint density at radius 3 is 2.62 bits per heavy atom. The Balaban J connectivity index is 1.56. The lowest BCUT2D eigenvalue weighted by atomic mass is 9.82. The Bertz CT molecular complexity index is 822. The van der Waals surface area contributed by atoms with E-state index in [4.69, 9.17) is 4.74 Å². The van der Waals surface area contributed by atoms with Gasteiger partial charge in [0.2, 0.25) is 0 Å². The van der Waals surface area contributed by atoms with Gasteiger partial charge in [-0.15, -0.1) is 0 Å². The fourth-order valence-corrected chi connectivity index (χ4v) is 4.16. The zero-order chi connectivity index (χ0) is 18.1. The minimum Gasteiger partial charge on any atom is -0.487 e. The summed E-state index contributed by atoms with van der Waals surface area (Å²) in [5.74, 6) is 0.104. The third-order valence-corrected chi connectivity index (χ3v) is 5.89. The first-order chi connectivity index (χ1) is 12.6. The molecule has 1 saturated heterocycles. The molecule has 1 fully saturated rings. The Kier molecular flexibility index (Phi) is 4.45. The first-order valence-corrected chi connectivity index (χ1v) is 9.47. The first-order valence-electron chi connectivity index (χ1n) is 9.47. The topological polar surface area (TPSA) is 49.8 Å². The van der Waals surface area contributed by atoms with E-state index in [-0.39, 0.29) is 5.60 Å². The summed E-state index contributed by atoms with van der Waals surface area (Å²) in [6.07, 6.45) is 4.29. The van der Waals surface area contributed by atoms with Crippen LogP contribution < -0.4 is 4.74 Å². The largest absolute Gasteiger partial charge is 0.487 e. The molecular weight excluding hydrogens is 326 g/mol. The van der Waals surface area contributed by atoms with Gasteiger partial charge >= 0.3 is 5.97 Å². The highest BCUT2D eigenvalue weighted by Crippen LogP contribution is 2.40. The van der Waals surface area contributed by atoms with E-state index in [0.29, 0.717) is 5.56 Å². The SMILES string of the molecule is CCN1CCC2(CCc3cc(-c4cccc(C(=O)O)c4)ccc3O2)CC1. The second-order valence-electron chi connectivity index (χ2n) is 7.43. The zero-order valence-electron chi connectivity index (χ0n) is 15.2. The van der Waals surface area contributed by atoms with E-state index in [9.17, 15) is 9.90 Å². The second-order valence-corrected chi connectivity index (χ2v) is 7.43. The maximum Gasteiger partial charge on any atom is 0.335 e. The molecule has 0 bridgehead atoms. The minimum absolute atomic E-state index is 0.00338. The number of aryl methyl sites for hydroxylation is 1.